The van der Waals surface area contributed by atoms with Gasteiger partial charge in [0.25, 0.3) is 0 Å². The van der Waals surface area contributed by atoms with E-state index in [4.69, 9.17) is 0 Å². The lowest BCUT2D eigenvalue weighted by atomic mass is 9.89. The molecule has 0 radical (unpaired) electrons. The Morgan fingerprint density at radius 1 is 0.938 bits per heavy atom. The topological polar surface area (TPSA) is 74.7 Å². The van der Waals surface area contributed by atoms with E-state index in [1.165, 1.54) is 4.31 Å². The highest BCUT2D eigenvalue weighted by Gasteiger charge is 2.44. The summed E-state index contributed by atoms with van der Waals surface area (Å²) in [5.41, 5.74) is 2.40. The van der Waals surface area contributed by atoms with Gasteiger partial charge in [-0.25, -0.2) is 13.2 Å². The molecule has 0 fully saturated rings. The molecule has 0 amide bonds. The SMILES string of the molecule is Cc1ccc(S(=O)(=O)N2[C@@H](c3ccc(Br)cc3)C(C(=O)O)=CC[C@H]2c2ccccc2)cc1. The minimum Gasteiger partial charge on any atom is -0.478 e. The standard InChI is InChI=1S/C25H22BrNO4S/c1-17-7-13-21(14-8-17)32(30,31)27-23(18-5-3-2-4-6-18)16-15-22(25(28)29)24(27)19-9-11-20(26)12-10-19/h2-15,23-24H,16H2,1H3,(H,28,29)/t23-,24-/m0/s1. The van der Waals surface area contributed by atoms with Crippen LogP contribution in [0.1, 0.15) is 35.2 Å². The van der Waals surface area contributed by atoms with E-state index in [2.05, 4.69) is 15.9 Å². The molecule has 0 spiro atoms. The zero-order chi connectivity index (χ0) is 22.9. The van der Waals surface area contributed by atoms with E-state index in [1.807, 2.05) is 37.3 Å². The average molecular weight is 512 g/mol. The average Bonchev–Trinajstić information content (AvgIpc) is 2.79. The van der Waals surface area contributed by atoms with Crippen molar-refractivity contribution in [3.8, 4) is 0 Å². The van der Waals surface area contributed by atoms with Crippen LogP contribution in [0.3, 0.4) is 0 Å². The normalized spacial score (nSPS) is 19.4. The molecule has 0 bridgehead atoms. The summed E-state index contributed by atoms with van der Waals surface area (Å²) < 4.78 is 30.2. The minimum atomic E-state index is -4.03. The van der Waals surface area contributed by atoms with Crippen molar-refractivity contribution in [1.29, 1.82) is 0 Å². The molecule has 0 aliphatic carbocycles. The van der Waals surface area contributed by atoms with Crippen LogP contribution in [0.5, 0.6) is 0 Å². The summed E-state index contributed by atoms with van der Waals surface area (Å²) in [7, 11) is -4.03. The molecule has 1 aliphatic rings. The molecule has 0 saturated carbocycles. The zero-order valence-corrected chi connectivity index (χ0v) is 19.8. The van der Waals surface area contributed by atoms with Crippen LogP contribution in [0.25, 0.3) is 0 Å². The van der Waals surface area contributed by atoms with Crippen LogP contribution in [-0.2, 0) is 14.8 Å². The summed E-state index contributed by atoms with van der Waals surface area (Å²) in [5.74, 6) is -1.13. The van der Waals surface area contributed by atoms with Crippen molar-refractivity contribution in [2.75, 3.05) is 0 Å². The molecule has 2 atom stereocenters. The highest BCUT2D eigenvalue weighted by atomic mass is 79.9. The van der Waals surface area contributed by atoms with Gasteiger partial charge in [0.1, 0.15) is 0 Å². The fourth-order valence-corrected chi connectivity index (χ4v) is 6.09. The van der Waals surface area contributed by atoms with Crippen LogP contribution in [-0.4, -0.2) is 23.8 Å². The number of aliphatic carboxylic acids is 1. The number of aryl methyl sites for hydroxylation is 1. The molecule has 1 N–H and O–H groups in total. The van der Waals surface area contributed by atoms with Gasteiger partial charge in [0.05, 0.1) is 22.6 Å². The lowest BCUT2D eigenvalue weighted by Gasteiger charge is -2.40. The molecule has 4 rings (SSSR count). The molecule has 3 aromatic rings. The molecule has 0 saturated heterocycles. The smallest absolute Gasteiger partial charge is 0.333 e. The second-order valence-corrected chi connectivity index (χ2v) is 10.5. The number of rotatable bonds is 5. The Hall–Kier alpha value is -2.74. The summed E-state index contributed by atoms with van der Waals surface area (Å²) in [6.45, 7) is 1.89. The van der Waals surface area contributed by atoms with E-state index in [9.17, 15) is 18.3 Å². The van der Waals surface area contributed by atoms with Crippen LogP contribution in [0.4, 0.5) is 0 Å². The van der Waals surface area contributed by atoms with Gasteiger partial charge in [0.2, 0.25) is 10.0 Å². The molecule has 1 heterocycles. The van der Waals surface area contributed by atoms with Crippen LogP contribution in [0.2, 0.25) is 0 Å². The Labute approximate surface area is 196 Å². The van der Waals surface area contributed by atoms with E-state index >= 15 is 0 Å². The van der Waals surface area contributed by atoms with Gasteiger partial charge in [-0.2, -0.15) is 4.31 Å². The van der Waals surface area contributed by atoms with Gasteiger partial charge in [-0.1, -0.05) is 82.2 Å². The monoisotopic (exact) mass is 511 g/mol. The lowest BCUT2D eigenvalue weighted by Crippen LogP contribution is -2.42. The molecule has 164 valence electrons. The maximum absolute atomic E-state index is 14.0. The van der Waals surface area contributed by atoms with Gasteiger partial charge in [-0.05, 0) is 48.7 Å². The van der Waals surface area contributed by atoms with Gasteiger partial charge < -0.3 is 5.11 Å². The zero-order valence-electron chi connectivity index (χ0n) is 17.4. The number of sulfonamides is 1. The minimum absolute atomic E-state index is 0.0511. The highest BCUT2D eigenvalue weighted by Crippen LogP contribution is 2.45. The number of benzene rings is 3. The van der Waals surface area contributed by atoms with Crippen molar-refractivity contribution < 1.29 is 18.3 Å². The van der Waals surface area contributed by atoms with Gasteiger partial charge >= 0.3 is 5.97 Å². The predicted molar refractivity (Wildman–Crippen MR) is 127 cm³/mol. The Balaban J connectivity index is 1.96. The van der Waals surface area contributed by atoms with Crippen LogP contribution in [0, 0.1) is 6.92 Å². The number of carboxylic acid groups (broad SMARTS) is 1. The maximum Gasteiger partial charge on any atom is 0.333 e. The van der Waals surface area contributed by atoms with Crippen molar-refractivity contribution in [1.82, 2.24) is 4.31 Å². The second kappa shape index (κ2) is 9.02. The maximum atomic E-state index is 14.0. The number of halogens is 1. The van der Waals surface area contributed by atoms with E-state index in [0.717, 1.165) is 15.6 Å². The third-order valence-corrected chi connectivity index (χ3v) is 8.05. The molecule has 1 aliphatic heterocycles. The molecular formula is C25H22BrNO4S. The third kappa shape index (κ3) is 4.28. The number of hydrogen-bond acceptors (Lipinski definition) is 3. The van der Waals surface area contributed by atoms with Gasteiger partial charge in [0.15, 0.2) is 0 Å². The molecule has 7 heteroatoms. The van der Waals surface area contributed by atoms with E-state index < -0.39 is 28.1 Å². The first kappa shape index (κ1) is 22.5. The second-order valence-electron chi connectivity index (χ2n) is 7.73. The predicted octanol–water partition coefficient (Wildman–Crippen LogP) is 5.65. The summed E-state index contributed by atoms with van der Waals surface area (Å²) in [5, 5.41) is 9.97. The first-order valence-electron chi connectivity index (χ1n) is 10.1. The molecule has 32 heavy (non-hydrogen) atoms. The van der Waals surface area contributed by atoms with Crippen LogP contribution >= 0.6 is 15.9 Å². The summed E-state index contributed by atoms with van der Waals surface area (Å²) in [4.78, 5) is 12.3. The van der Waals surface area contributed by atoms with Crippen LogP contribution < -0.4 is 0 Å². The van der Waals surface area contributed by atoms with Gasteiger partial charge in [0, 0.05) is 4.47 Å². The highest BCUT2D eigenvalue weighted by molar-refractivity contribution is 9.10. The Kier molecular flexibility index (Phi) is 6.33. The summed E-state index contributed by atoms with van der Waals surface area (Å²) in [6.07, 6.45) is 1.91. The number of carbonyl (C=O) groups is 1. The summed E-state index contributed by atoms with van der Waals surface area (Å²) >= 11 is 3.40. The number of hydrogen-bond donors (Lipinski definition) is 1. The van der Waals surface area contributed by atoms with Crippen molar-refractivity contribution in [2.45, 2.75) is 30.3 Å². The van der Waals surface area contributed by atoms with Gasteiger partial charge in [-0.3, -0.25) is 0 Å². The van der Waals surface area contributed by atoms with Crippen molar-refractivity contribution in [2.24, 2.45) is 0 Å². The number of nitrogens with zero attached hydrogens (tertiary/aromatic N) is 1. The molecule has 0 unspecified atom stereocenters. The lowest BCUT2D eigenvalue weighted by molar-refractivity contribution is -0.133. The fraction of sp³-hybridized carbons (Fsp3) is 0.160. The van der Waals surface area contributed by atoms with Crippen molar-refractivity contribution in [3.05, 3.63) is 112 Å². The molecule has 5 nitrogen and oxygen atoms in total. The third-order valence-electron chi connectivity index (χ3n) is 5.63. The first-order valence-corrected chi connectivity index (χ1v) is 12.4. The fourth-order valence-electron chi connectivity index (χ4n) is 4.04. The quantitative estimate of drug-likeness (QED) is 0.480. The largest absolute Gasteiger partial charge is 0.478 e. The first-order chi connectivity index (χ1) is 15.3. The van der Waals surface area contributed by atoms with Crippen molar-refractivity contribution in [3.63, 3.8) is 0 Å². The van der Waals surface area contributed by atoms with Crippen molar-refractivity contribution >= 4 is 31.9 Å². The molecular weight excluding hydrogens is 490 g/mol. The Bertz CT molecular complexity index is 1250. The van der Waals surface area contributed by atoms with Crippen LogP contribution in [0.15, 0.2) is 99.9 Å². The van der Waals surface area contributed by atoms with E-state index in [0.29, 0.717) is 5.56 Å². The van der Waals surface area contributed by atoms with E-state index in [1.54, 1.807) is 54.6 Å². The summed E-state index contributed by atoms with van der Waals surface area (Å²) in [6, 6.07) is 21.6. The van der Waals surface area contributed by atoms with Gasteiger partial charge in [-0.15, -0.1) is 0 Å². The number of carboxylic acids is 1. The molecule has 3 aromatic carbocycles. The molecule has 0 aromatic heterocycles. The Morgan fingerprint density at radius 2 is 1.56 bits per heavy atom. The Morgan fingerprint density at radius 3 is 2.16 bits per heavy atom. The van der Waals surface area contributed by atoms with E-state index in [-0.39, 0.29) is 16.9 Å².